The van der Waals surface area contributed by atoms with Crippen LogP contribution in [0.3, 0.4) is 0 Å². The largest absolute Gasteiger partial charge is 0.313 e. The molecule has 0 radical (unpaired) electrons. The molecule has 0 atom stereocenters. The highest BCUT2D eigenvalue weighted by atomic mass is 32.1. The van der Waals surface area contributed by atoms with E-state index in [0.29, 0.717) is 4.88 Å². The molecular formula is C7H9NO3S. The zero-order chi connectivity index (χ0) is 8.97. The first-order chi connectivity index (χ1) is 5.75. The molecule has 0 aromatic carbocycles. The van der Waals surface area contributed by atoms with Gasteiger partial charge in [0.1, 0.15) is 0 Å². The lowest BCUT2D eigenvalue weighted by molar-refractivity contribution is -0.294. The Morgan fingerprint density at radius 1 is 1.83 bits per heavy atom. The SMILES string of the molecule is CCON(O)C(=O)c1cccs1. The molecule has 0 spiro atoms. The highest BCUT2D eigenvalue weighted by Crippen LogP contribution is 2.10. The van der Waals surface area contributed by atoms with Crippen LogP contribution in [-0.4, -0.2) is 22.9 Å². The van der Waals surface area contributed by atoms with Gasteiger partial charge in [0.15, 0.2) is 0 Å². The summed E-state index contributed by atoms with van der Waals surface area (Å²) in [5.74, 6) is -0.535. The highest BCUT2D eigenvalue weighted by Gasteiger charge is 2.14. The predicted octanol–water partition coefficient (Wildman–Crippen LogP) is 1.53. The topological polar surface area (TPSA) is 49.8 Å². The van der Waals surface area contributed by atoms with E-state index in [4.69, 9.17) is 5.21 Å². The van der Waals surface area contributed by atoms with E-state index in [1.54, 1.807) is 24.4 Å². The summed E-state index contributed by atoms with van der Waals surface area (Å²) in [5.41, 5.74) is 0. The third-order valence-electron chi connectivity index (χ3n) is 1.16. The lowest BCUT2D eigenvalue weighted by Gasteiger charge is -2.10. The van der Waals surface area contributed by atoms with E-state index in [1.807, 2.05) is 0 Å². The van der Waals surface area contributed by atoms with Crippen LogP contribution in [0.1, 0.15) is 16.6 Å². The Hall–Kier alpha value is -0.910. The van der Waals surface area contributed by atoms with Crippen molar-refractivity contribution in [1.82, 2.24) is 5.23 Å². The maximum atomic E-state index is 11.2. The molecule has 0 saturated carbocycles. The van der Waals surface area contributed by atoms with E-state index < -0.39 is 5.91 Å². The number of hydrogen-bond acceptors (Lipinski definition) is 4. The fourth-order valence-electron chi connectivity index (χ4n) is 0.675. The molecule has 0 unspecified atom stereocenters. The maximum absolute atomic E-state index is 11.2. The van der Waals surface area contributed by atoms with Crippen LogP contribution in [0.4, 0.5) is 0 Å². The number of nitrogens with zero attached hydrogens (tertiary/aromatic N) is 1. The summed E-state index contributed by atoms with van der Waals surface area (Å²) in [6.07, 6.45) is 0. The van der Waals surface area contributed by atoms with Crippen molar-refractivity contribution >= 4 is 17.2 Å². The van der Waals surface area contributed by atoms with Crippen molar-refractivity contribution in [2.24, 2.45) is 0 Å². The summed E-state index contributed by atoms with van der Waals surface area (Å²) in [4.78, 5) is 16.2. The van der Waals surface area contributed by atoms with Crippen molar-refractivity contribution in [3.63, 3.8) is 0 Å². The Morgan fingerprint density at radius 2 is 2.58 bits per heavy atom. The molecule has 1 rings (SSSR count). The van der Waals surface area contributed by atoms with Crippen LogP contribution in [0.25, 0.3) is 0 Å². The van der Waals surface area contributed by atoms with Gasteiger partial charge in [-0.3, -0.25) is 10.0 Å². The van der Waals surface area contributed by atoms with E-state index in [2.05, 4.69) is 4.84 Å². The molecular weight excluding hydrogens is 178 g/mol. The van der Waals surface area contributed by atoms with Gasteiger partial charge in [0, 0.05) is 0 Å². The van der Waals surface area contributed by atoms with Crippen LogP contribution in [0.2, 0.25) is 0 Å². The molecule has 1 aromatic rings. The molecule has 1 amide bonds. The molecule has 0 bridgehead atoms. The molecule has 0 saturated heterocycles. The van der Waals surface area contributed by atoms with E-state index in [-0.39, 0.29) is 11.8 Å². The Labute approximate surface area is 73.9 Å². The molecule has 0 aliphatic heterocycles. The minimum Gasteiger partial charge on any atom is -0.263 e. The molecule has 1 N–H and O–H groups in total. The Balaban J connectivity index is 2.59. The van der Waals surface area contributed by atoms with E-state index in [0.717, 1.165) is 0 Å². The number of amides is 1. The second-order valence-corrected chi connectivity index (χ2v) is 2.92. The zero-order valence-corrected chi connectivity index (χ0v) is 7.37. The number of hydrogen-bond donors (Lipinski definition) is 1. The quantitative estimate of drug-likeness (QED) is 0.576. The molecule has 5 heteroatoms. The lowest BCUT2D eigenvalue weighted by Crippen LogP contribution is -2.26. The van der Waals surface area contributed by atoms with Crippen LogP contribution >= 0.6 is 11.3 Å². The van der Waals surface area contributed by atoms with Crippen LogP contribution in [0.5, 0.6) is 0 Å². The van der Waals surface area contributed by atoms with Crippen LogP contribution in [0.15, 0.2) is 17.5 Å². The fraction of sp³-hybridized carbons (Fsp3) is 0.286. The summed E-state index contributed by atoms with van der Waals surface area (Å²) in [5, 5.41) is 11.0. The zero-order valence-electron chi connectivity index (χ0n) is 6.56. The van der Waals surface area contributed by atoms with Gasteiger partial charge in [-0.2, -0.15) is 0 Å². The number of rotatable bonds is 3. The van der Waals surface area contributed by atoms with Gasteiger partial charge in [0.05, 0.1) is 11.5 Å². The Kier molecular flexibility index (Phi) is 3.21. The van der Waals surface area contributed by atoms with Crippen molar-refractivity contribution in [2.75, 3.05) is 6.61 Å². The molecule has 0 fully saturated rings. The first-order valence-electron chi connectivity index (χ1n) is 3.45. The summed E-state index contributed by atoms with van der Waals surface area (Å²) in [7, 11) is 0. The van der Waals surface area contributed by atoms with Crippen molar-refractivity contribution in [1.29, 1.82) is 0 Å². The summed E-state index contributed by atoms with van der Waals surface area (Å²) in [6.45, 7) is 1.94. The van der Waals surface area contributed by atoms with Gasteiger partial charge in [0.2, 0.25) is 0 Å². The monoisotopic (exact) mass is 187 g/mol. The van der Waals surface area contributed by atoms with Gasteiger partial charge in [-0.1, -0.05) is 11.3 Å². The molecule has 1 aromatic heterocycles. The average Bonchev–Trinajstić information content (AvgIpc) is 2.55. The second-order valence-electron chi connectivity index (χ2n) is 1.97. The molecule has 0 aliphatic carbocycles. The number of thiophene rings is 1. The smallest absolute Gasteiger partial charge is 0.263 e. The second kappa shape index (κ2) is 4.20. The van der Waals surface area contributed by atoms with Gasteiger partial charge < -0.3 is 0 Å². The average molecular weight is 187 g/mol. The first-order valence-corrected chi connectivity index (χ1v) is 4.33. The molecule has 12 heavy (non-hydrogen) atoms. The van der Waals surface area contributed by atoms with Crippen molar-refractivity contribution in [3.05, 3.63) is 22.4 Å². The molecule has 66 valence electrons. The lowest BCUT2D eigenvalue weighted by atomic mass is 10.4. The van der Waals surface area contributed by atoms with Gasteiger partial charge in [-0.05, 0) is 18.4 Å². The molecule has 0 aliphatic rings. The molecule has 4 nitrogen and oxygen atoms in total. The normalized spacial score (nSPS) is 9.83. The summed E-state index contributed by atoms with van der Waals surface area (Å²) >= 11 is 1.25. The summed E-state index contributed by atoms with van der Waals surface area (Å²) in [6, 6.07) is 3.35. The minimum atomic E-state index is -0.535. The van der Waals surface area contributed by atoms with Gasteiger partial charge >= 0.3 is 5.91 Å². The number of hydroxylamine groups is 2. The Morgan fingerprint density at radius 3 is 3.08 bits per heavy atom. The van der Waals surface area contributed by atoms with E-state index in [1.165, 1.54) is 11.3 Å². The van der Waals surface area contributed by atoms with Crippen molar-refractivity contribution < 1.29 is 14.8 Å². The standard InChI is InChI=1S/C7H9NO3S/c1-2-11-8(10)7(9)6-4-3-5-12-6/h3-5,10H,2H2,1H3. The van der Waals surface area contributed by atoms with Gasteiger partial charge in [-0.15, -0.1) is 11.3 Å². The highest BCUT2D eigenvalue weighted by molar-refractivity contribution is 7.12. The fourth-order valence-corrected chi connectivity index (χ4v) is 1.32. The predicted molar refractivity (Wildman–Crippen MR) is 43.9 cm³/mol. The van der Waals surface area contributed by atoms with Crippen LogP contribution < -0.4 is 0 Å². The van der Waals surface area contributed by atoms with E-state index >= 15 is 0 Å². The third-order valence-corrected chi connectivity index (χ3v) is 2.01. The first kappa shape index (κ1) is 9.18. The van der Waals surface area contributed by atoms with Crippen LogP contribution in [0, 0.1) is 0 Å². The van der Waals surface area contributed by atoms with Crippen LogP contribution in [-0.2, 0) is 4.84 Å². The number of carbonyl (C=O) groups is 1. The minimum absolute atomic E-state index is 0.256. The van der Waals surface area contributed by atoms with E-state index in [9.17, 15) is 4.79 Å². The molecule has 1 heterocycles. The number of carbonyl (C=O) groups excluding carboxylic acids is 1. The summed E-state index contributed by atoms with van der Waals surface area (Å²) < 4.78 is 0. The Bertz CT molecular complexity index is 247. The maximum Gasteiger partial charge on any atom is 0.313 e. The van der Waals surface area contributed by atoms with Crippen molar-refractivity contribution in [2.45, 2.75) is 6.92 Å². The van der Waals surface area contributed by atoms with Crippen molar-refractivity contribution in [3.8, 4) is 0 Å². The third kappa shape index (κ3) is 2.04. The van der Waals surface area contributed by atoms with Gasteiger partial charge in [-0.25, -0.2) is 4.84 Å². The van der Waals surface area contributed by atoms with Gasteiger partial charge in [0.25, 0.3) is 0 Å².